The lowest BCUT2D eigenvalue weighted by molar-refractivity contribution is 0.0697. The maximum Gasteiger partial charge on any atom is 0.335 e. The molecule has 32 heavy (non-hydrogen) atoms. The molecule has 0 aliphatic heterocycles. The van der Waals surface area contributed by atoms with Gasteiger partial charge in [-0.3, -0.25) is 4.79 Å². The molecule has 0 fully saturated rings. The lowest BCUT2D eigenvalue weighted by atomic mass is 10.1. The van der Waals surface area contributed by atoms with E-state index >= 15 is 0 Å². The van der Waals surface area contributed by atoms with Gasteiger partial charge in [-0.05, 0) is 73.5 Å². The standard InChI is InChI=1S/C25H21N3O4/c1-16-12-17(2)14-21(13-16)32-22-15-26-28(20-6-4-3-5-7-20)24(29)23(22)27-19-10-8-18(9-11-19)25(30)31/h3-15,27H,1-2H3,(H,30,31). The highest BCUT2D eigenvalue weighted by Crippen LogP contribution is 2.30. The molecule has 0 saturated heterocycles. The molecule has 3 aromatic carbocycles. The molecule has 1 heterocycles. The molecule has 7 nitrogen and oxygen atoms in total. The van der Waals surface area contributed by atoms with Crippen LogP contribution in [-0.2, 0) is 0 Å². The number of rotatable bonds is 6. The Hall–Kier alpha value is -4.39. The second kappa shape index (κ2) is 8.77. The van der Waals surface area contributed by atoms with E-state index in [2.05, 4.69) is 10.4 Å². The molecule has 0 saturated carbocycles. The molecule has 160 valence electrons. The topological polar surface area (TPSA) is 93.5 Å². The Bertz CT molecular complexity index is 1310. The molecule has 0 aliphatic carbocycles. The second-order valence-electron chi connectivity index (χ2n) is 7.37. The third-order valence-corrected chi connectivity index (χ3v) is 4.77. The van der Waals surface area contributed by atoms with Crippen molar-refractivity contribution in [3.8, 4) is 17.2 Å². The van der Waals surface area contributed by atoms with Crippen molar-refractivity contribution in [3.63, 3.8) is 0 Å². The Balaban J connectivity index is 1.79. The van der Waals surface area contributed by atoms with E-state index in [9.17, 15) is 9.59 Å². The van der Waals surface area contributed by atoms with Crippen LogP contribution in [0.4, 0.5) is 11.4 Å². The van der Waals surface area contributed by atoms with Gasteiger partial charge in [0.1, 0.15) is 5.75 Å². The van der Waals surface area contributed by atoms with Gasteiger partial charge < -0.3 is 15.2 Å². The molecule has 0 unspecified atom stereocenters. The predicted octanol–water partition coefficient (Wildman–Crippen LogP) is 5.08. The van der Waals surface area contributed by atoms with Crippen molar-refractivity contribution in [1.29, 1.82) is 0 Å². The first-order valence-electron chi connectivity index (χ1n) is 9.95. The number of aromatic nitrogens is 2. The molecule has 2 N–H and O–H groups in total. The molecule has 1 aromatic heterocycles. The molecule has 7 heteroatoms. The molecule has 4 rings (SSSR count). The highest BCUT2D eigenvalue weighted by Gasteiger charge is 2.16. The summed E-state index contributed by atoms with van der Waals surface area (Å²) >= 11 is 0. The first kappa shape index (κ1) is 20.9. The first-order chi connectivity index (χ1) is 15.4. The molecular formula is C25H21N3O4. The van der Waals surface area contributed by atoms with Gasteiger partial charge in [0.05, 0.1) is 17.4 Å². The van der Waals surface area contributed by atoms with Gasteiger partial charge in [0, 0.05) is 5.69 Å². The molecule has 0 radical (unpaired) electrons. The molecule has 0 amide bonds. The van der Waals surface area contributed by atoms with E-state index in [1.54, 1.807) is 24.3 Å². The summed E-state index contributed by atoms with van der Waals surface area (Å²) < 4.78 is 7.32. The molecule has 4 aromatic rings. The van der Waals surface area contributed by atoms with Crippen LogP contribution in [-0.4, -0.2) is 20.9 Å². The van der Waals surface area contributed by atoms with Crippen LogP contribution in [0.25, 0.3) is 5.69 Å². The van der Waals surface area contributed by atoms with Gasteiger partial charge in [-0.1, -0.05) is 24.3 Å². The van der Waals surface area contributed by atoms with Crippen LogP contribution in [0.2, 0.25) is 0 Å². The first-order valence-corrected chi connectivity index (χ1v) is 9.95. The smallest absolute Gasteiger partial charge is 0.335 e. The monoisotopic (exact) mass is 427 g/mol. The van der Waals surface area contributed by atoms with E-state index in [1.165, 1.54) is 23.0 Å². The summed E-state index contributed by atoms with van der Waals surface area (Å²) in [6.45, 7) is 3.93. The average Bonchev–Trinajstić information content (AvgIpc) is 2.76. The minimum atomic E-state index is -1.02. The maximum absolute atomic E-state index is 13.4. The van der Waals surface area contributed by atoms with Crippen molar-refractivity contribution in [2.75, 3.05) is 5.32 Å². The number of ether oxygens (including phenoxy) is 1. The number of hydrogen-bond donors (Lipinski definition) is 2. The number of nitrogens with zero attached hydrogens (tertiary/aromatic N) is 2. The number of carbonyl (C=O) groups is 1. The lowest BCUT2D eigenvalue weighted by Gasteiger charge is -2.15. The maximum atomic E-state index is 13.4. The van der Waals surface area contributed by atoms with Crippen molar-refractivity contribution < 1.29 is 14.6 Å². The lowest BCUT2D eigenvalue weighted by Crippen LogP contribution is -2.24. The van der Waals surface area contributed by atoms with Crippen LogP contribution in [0.3, 0.4) is 0 Å². The Morgan fingerprint density at radius 2 is 1.62 bits per heavy atom. The second-order valence-corrected chi connectivity index (χ2v) is 7.37. The zero-order valence-corrected chi connectivity index (χ0v) is 17.6. The number of anilines is 2. The van der Waals surface area contributed by atoms with E-state index in [-0.39, 0.29) is 17.0 Å². The van der Waals surface area contributed by atoms with Gasteiger partial charge in [0.25, 0.3) is 5.56 Å². The minimum absolute atomic E-state index is 0.152. The number of aryl methyl sites for hydroxylation is 2. The summed E-state index contributed by atoms with van der Waals surface area (Å²) in [6, 6.07) is 21.0. The third-order valence-electron chi connectivity index (χ3n) is 4.77. The van der Waals surface area contributed by atoms with Crippen LogP contribution >= 0.6 is 0 Å². The van der Waals surface area contributed by atoms with Crippen molar-refractivity contribution in [1.82, 2.24) is 9.78 Å². The molecule has 0 aliphatic rings. The number of benzene rings is 3. The Morgan fingerprint density at radius 1 is 0.969 bits per heavy atom. The van der Waals surface area contributed by atoms with Gasteiger partial charge >= 0.3 is 5.97 Å². The fourth-order valence-electron chi connectivity index (χ4n) is 3.34. The van der Waals surface area contributed by atoms with Gasteiger partial charge in [0.2, 0.25) is 0 Å². The zero-order valence-electron chi connectivity index (χ0n) is 17.6. The number of hydrogen-bond acceptors (Lipinski definition) is 5. The van der Waals surface area contributed by atoms with E-state index in [4.69, 9.17) is 9.84 Å². The van der Waals surface area contributed by atoms with Crippen molar-refractivity contribution in [2.24, 2.45) is 0 Å². The predicted molar refractivity (Wildman–Crippen MR) is 123 cm³/mol. The SMILES string of the molecule is Cc1cc(C)cc(Oc2cnn(-c3ccccc3)c(=O)c2Nc2ccc(C(=O)O)cc2)c1. The molecule has 0 bridgehead atoms. The quantitative estimate of drug-likeness (QED) is 0.446. The van der Waals surface area contributed by atoms with Crippen LogP contribution in [0.15, 0.2) is 83.8 Å². The van der Waals surface area contributed by atoms with E-state index in [0.717, 1.165) is 11.1 Å². The van der Waals surface area contributed by atoms with Crippen LogP contribution < -0.4 is 15.6 Å². The van der Waals surface area contributed by atoms with Gasteiger partial charge in [-0.15, -0.1) is 0 Å². The van der Waals surface area contributed by atoms with Crippen LogP contribution in [0.5, 0.6) is 11.5 Å². The molecule has 0 atom stereocenters. The molecular weight excluding hydrogens is 406 g/mol. The average molecular weight is 427 g/mol. The fourth-order valence-corrected chi connectivity index (χ4v) is 3.34. The number of para-hydroxylation sites is 1. The summed E-state index contributed by atoms with van der Waals surface area (Å²) in [7, 11) is 0. The fraction of sp³-hybridized carbons (Fsp3) is 0.0800. The zero-order chi connectivity index (χ0) is 22.7. The molecule has 0 spiro atoms. The number of carboxylic acids is 1. The van der Waals surface area contributed by atoms with Crippen molar-refractivity contribution in [3.05, 3.63) is 106 Å². The Morgan fingerprint density at radius 3 is 2.25 bits per heavy atom. The highest BCUT2D eigenvalue weighted by molar-refractivity contribution is 5.88. The van der Waals surface area contributed by atoms with E-state index in [0.29, 0.717) is 17.1 Å². The Labute approximate surface area is 184 Å². The third kappa shape index (κ3) is 4.52. The number of carboxylic acid groups (broad SMARTS) is 1. The Kier molecular flexibility index (Phi) is 5.72. The summed E-state index contributed by atoms with van der Waals surface area (Å²) in [5.41, 5.74) is 3.15. The van der Waals surface area contributed by atoms with Gasteiger partial charge in [0.15, 0.2) is 11.4 Å². The summed E-state index contributed by atoms with van der Waals surface area (Å²) in [4.78, 5) is 24.5. The van der Waals surface area contributed by atoms with Gasteiger partial charge in [-0.2, -0.15) is 9.78 Å². The van der Waals surface area contributed by atoms with E-state index < -0.39 is 11.5 Å². The summed E-state index contributed by atoms with van der Waals surface area (Å²) in [5.74, 6) is -0.175. The van der Waals surface area contributed by atoms with Crippen LogP contribution in [0, 0.1) is 13.8 Å². The van der Waals surface area contributed by atoms with Gasteiger partial charge in [-0.25, -0.2) is 4.79 Å². The van der Waals surface area contributed by atoms with Crippen molar-refractivity contribution in [2.45, 2.75) is 13.8 Å². The van der Waals surface area contributed by atoms with Crippen LogP contribution in [0.1, 0.15) is 21.5 Å². The number of nitrogens with one attached hydrogen (secondary N) is 1. The minimum Gasteiger partial charge on any atom is -0.478 e. The normalized spacial score (nSPS) is 10.6. The largest absolute Gasteiger partial charge is 0.478 e. The highest BCUT2D eigenvalue weighted by atomic mass is 16.5. The summed E-state index contributed by atoms with van der Waals surface area (Å²) in [5, 5.41) is 16.5. The summed E-state index contributed by atoms with van der Waals surface area (Å²) in [6.07, 6.45) is 1.49. The van der Waals surface area contributed by atoms with Crippen molar-refractivity contribution >= 4 is 17.3 Å². The van der Waals surface area contributed by atoms with E-state index in [1.807, 2.05) is 50.2 Å². The number of aromatic carboxylic acids is 1.